The molecule has 0 aromatic carbocycles. The van der Waals surface area contributed by atoms with Crippen LogP contribution in [0.5, 0.6) is 0 Å². The molecule has 0 fully saturated rings. The van der Waals surface area contributed by atoms with Crippen molar-refractivity contribution < 1.29 is 5.11 Å². The molecule has 0 amide bonds. The van der Waals surface area contributed by atoms with Crippen LogP contribution in [0.25, 0.3) is 6.08 Å². The molecule has 3 nitrogen and oxygen atoms in total. The number of rotatable bonds is 4. The van der Waals surface area contributed by atoms with E-state index in [-0.39, 0.29) is 6.61 Å². The predicted molar refractivity (Wildman–Crippen MR) is 58.5 cm³/mol. The molecule has 1 aromatic rings. The maximum absolute atomic E-state index is 8.65. The van der Waals surface area contributed by atoms with Crippen LogP contribution in [-0.4, -0.2) is 29.0 Å². The van der Waals surface area contributed by atoms with Crippen molar-refractivity contribution in [2.24, 2.45) is 4.99 Å². The van der Waals surface area contributed by atoms with Crippen LogP contribution in [-0.2, 0) is 0 Å². The summed E-state index contributed by atoms with van der Waals surface area (Å²) in [7, 11) is 0. The van der Waals surface area contributed by atoms with E-state index in [0.717, 1.165) is 17.0 Å². The highest BCUT2D eigenvalue weighted by molar-refractivity contribution is 6.01. The van der Waals surface area contributed by atoms with E-state index in [1.54, 1.807) is 12.3 Å². The van der Waals surface area contributed by atoms with Crippen LogP contribution in [0, 0.1) is 0 Å². The minimum atomic E-state index is 0.0705. The molecule has 0 atom stereocenters. The van der Waals surface area contributed by atoms with E-state index < -0.39 is 0 Å². The van der Waals surface area contributed by atoms with Crippen molar-refractivity contribution in [2.75, 3.05) is 13.2 Å². The van der Waals surface area contributed by atoms with Gasteiger partial charge in [-0.3, -0.25) is 9.98 Å². The Morgan fingerprint density at radius 3 is 3.14 bits per heavy atom. The highest BCUT2D eigenvalue weighted by atomic mass is 16.3. The highest BCUT2D eigenvalue weighted by Gasteiger charge is 2.01. The van der Waals surface area contributed by atoms with Gasteiger partial charge in [-0.15, -0.1) is 0 Å². The van der Waals surface area contributed by atoms with E-state index in [1.807, 2.05) is 19.1 Å². The number of aliphatic imine (C=N–C) groups is 1. The molecule has 0 saturated heterocycles. The van der Waals surface area contributed by atoms with Gasteiger partial charge in [-0.2, -0.15) is 0 Å². The van der Waals surface area contributed by atoms with Crippen LogP contribution in [0.1, 0.15) is 18.2 Å². The molecule has 1 aromatic heterocycles. The minimum absolute atomic E-state index is 0.0705. The topological polar surface area (TPSA) is 45.5 Å². The Hall–Kier alpha value is -1.48. The van der Waals surface area contributed by atoms with Gasteiger partial charge in [-0.25, -0.2) is 0 Å². The van der Waals surface area contributed by atoms with Crippen molar-refractivity contribution in [1.29, 1.82) is 0 Å². The Morgan fingerprint density at radius 2 is 2.50 bits per heavy atom. The summed E-state index contributed by atoms with van der Waals surface area (Å²) in [6, 6.07) is 3.81. The first-order valence-corrected chi connectivity index (χ1v) is 4.49. The summed E-state index contributed by atoms with van der Waals surface area (Å²) < 4.78 is 0. The molecule has 0 bridgehead atoms. The average molecular weight is 190 g/mol. The fourth-order valence-corrected chi connectivity index (χ4v) is 1.19. The molecule has 1 N–H and O–H groups in total. The molecule has 0 saturated carbocycles. The van der Waals surface area contributed by atoms with Crippen LogP contribution in [0.15, 0.2) is 29.9 Å². The van der Waals surface area contributed by atoms with Gasteiger partial charge in [-0.05, 0) is 25.1 Å². The lowest BCUT2D eigenvalue weighted by Crippen LogP contribution is -2.02. The standard InChI is InChI=1S/C11H14N2O/c1-3-11-10(5-4-6-13-11)9(2)12-7-8-14/h3-6,14H,1,7-8H2,2H3. The minimum Gasteiger partial charge on any atom is -0.394 e. The van der Waals surface area contributed by atoms with E-state index >= 15 is 0 Å². The molecule has 1 heterocycles. The van der Waals surface area contributed by atoms with E-state index in [9.17, 15) is 0 Å². The van der Waals surface area contributed by atoms with Gasteiger partial charge in [0.1, 0.15) is 0 Å². The van der Waals surface area contributed by atoms with Crippen LogP contribution in [0.3, 0.4) is 0 Å². The molecule has 14 heavy (non-hydrogen) atoms. The van der Waals surface area contributed by atoms with Crippen molar-refractivity contribution in [3.05, 3.63) is 36.2 Å². The largest absolute Gasteiger partial charge is 0.394 e. The van der Waals surface area contributed by atoms with Gasteiger partial charge >= 0.3 is 0 Å². The lowest BCUT2D eigenvalue weighted by atomic mass is 10.1. The molecule has 0 aliphatic heterocycles. The lowest BCUT2D eigenvalue weighted by molar-refractivity contribution is 0.307. The summed E-state index contributed by atoms with van der Waals surface area (Å²) >= 11 is 0. The van der Waals surface area contributed by atoms with Crippen molar-refractivity contribution in [2.45, 2.75) is 6.92 Å². The van der Waals surface area contributed by atoms with Gasteiger partial charge < -0.3 is 5.11 Å². The zero-order valence-corrected chi connectivity index (χ0v) is 8.27. The SMILES string of the molecule is C=Cc1ncccc1C(C)=NCCO. The van der Waals surface area contributed by atoms with Crippen molar-refractivity contribution in [3.8, 4) is 0 Å². The summed E-state index contributed by atoms with van der Waals surface area (Å²) in [6.45, 7) is 6.09. The van der Waals surface area contributed by atoms with E-state index in [2.05, 4.69) is 16.6 Å². The van der Waals surface area contributed by atoms with Crippen LogP contribution < -0.4 is 0 Å². The summed E-state index contributed by atoms with van der Waals surface area (Å²) in [6.07, 6.45) is 3.42. The number of aromatic nitrogens is 1. The van der Waals surface area contributed by atoms with Gasteiger partial charge in [-0.1, -0.05) is 6.58 Å². The molecule has 74 valence electrons. The second-order valence-corrected chi connectivity index (χ2v) is 2.83. The van der Waals surface area contributed by atoms with E-state index in [0.29, 0.717) is 6.54 Å². The molecule has 3 heteroatoms. The van der Waals surface area contributed by atoms with Gasteiger partial charge in [0, 0.05) is 17.5 Å². The Labute approximate surface area is 83.8 Å². The third-order valence-electron chi connectivity index (χ3n) is 1.87. The number of aliphatic hydroxyl groups is 1. The molecule has 0 spiro atoms. The number of pyridine rings is 1. The summed E-state index contributed by atoms with van der Waals surface area (Å²) in [5, 5.41) is 8.65. The second kappa shape index (κ2) is 5.29. The zero-order valence-electron chi connectivity index (χ0n) is 8.27. The second-order valence-electron chi connectivity index (χ2n) is 2.83. The lowest BCUT2D eigenvalue weighted by Gasteiger charge is -2.03. The summed E-state index contributed by atoms with van der Waals surface area (Å²) in [5.41, 5.74) is 2.67. The van der Waals surface area contributed by atoms with Crippen LogP contribution in [0.4, 0.5) is 0 Å². The van der Waals surface area contributed by atoms with Gasteiger partial charge in [0.2, 0.25) is 0 Å². The molecule has 0 unspecified atom stereocenters. The highest BCUT2D eigenvalue weighted by Crippen LogP contribution is 2.07. The first-order valence-electron chi connectivity index (χ1n) is 4.49. The molecule has 0 radical (unpaired) electrons. The molecule has 0 aliphatic rings. The van der Waals surface area contributed by atoms with Gasteiger partial charge in [0.15, 0.2) is 0 Å². The first-order chi connectivity index (χ1) is 6.79. The summed E-state index contributed by atoms with van der Waals surface area (Å²) in [5.74, 6) is 0. The maximum Gasteiger partial charge on any atom is 0.0714 e. The van der Waals surface area contributed by atoms with Crippen LogP contribution >= 0.6 is 0 Å². The fourth-order valence-electron chi connectivity index (χ4n) is 1.19. The maximum atomic E-state index is 8.65. The number of hydrogen-bond acceptors (Lipinski definition) is 3. The van der Waals surface area contributed by atoms with Gasteiger partial charge in [0.25, 0.3) is 0 Å². The third kappa shape index (κ3) is 2.50. The smallest absolute Gasteiger partial charge is 0.0714 e. The quantitative estimate of drug-likeness (QED) is 0.732. The first kappa shape index (κ1) is 10.6. The molecule has 0 aliphatic carbocycles. The van der Waals surface area contributed by atoms with Crippen LogP contribution in [0.2, 0.25) is 0 Å². The molecular formula is C11H14N2O. The number of aliphatic hydroxyl groups excluding tert-OH is 1. The zero-order chi connectivity index (χ0) is 10.4. The Bertz CT molecular complexity index is 345. The average Bonchev–Trinajstić information content (AvgIpc) is 2.25. The third-order valence-corrected chi connectivity index (χ3v) is 1.87. The Kier molecular flexibility index (Phi) is 4.01. The summed E-state index contributed by atoms with van der Waals surface area (Å²) in [4.78, 5) is 8.37. The van der Waals surface area contributed by atoms with Crippen molar-refractivity contribution in [1.82, 2.24) is 4.98 Å². The molecule has 1 rings (SSSR count). The fraction of sp³-hybridized carbons (Fsp3) is 0.273. The Morgan fingerprint density at radius 1 is 1.71 bits per heavy atom. The van der Waals surface area contributed by atoms with Gasteiger partial charge in [0.05, 0.1) is 18.8 Å². The molecular weight excluding hydrogens is 176 g/mol. The van der Waals surface area contributed by atoms with E-state index in [4.69, 9.17) is 5.11 Å². The Balaban J connectivity index is 2.99. The number of hydrogen-bond donors (Lipinski definition) is 1. The monoisotopic (exact) mass is 190 g/mol. The number of nitrogens with zero attached hydrogens (tertiary/aromatic N) is 2. The normalized spacial score (nSPS) is 11.4. The predicted octanol–water partition coefficient (Wildman–Crippen LogP) is 1.53. The van der Waals surface area contributed by atoms with E-state index in [1.165, 1.54) is 0 Å². The van der Waals surface area contributed by atoms with Crippen molar-refractivity contribution in [3.63, 3.8) is 0 Å². The van der Waals surface area contributed by atoms with Crippen molar-refractivity contribution >= 4 is 11.8 Å².